The molecule has 1 aromatic heterocycles. The number of hydrogen-bond acceptors (Lipinski definition) is 6. The molecule has 120 valence electrons. The van der Waals surface area contributed by atoms with E-state index < -0.39 is 5.97 Å². The van der Waals surface area contributed by atoms with E-state index in [9.17, 15) is 9.59 Å². The molecule has 3 rings (SSSR count). The molecule has 0 radical (unpaired) electrons. The number of furan rings is 1. The maximum Gasteiger partial charge on any atom is 0.336 e. The fourth-order valence-electron chi connectivity index (χ4n) is 1.89. The minimum Gasteiger partial charge on any atom is -0.465 e. The van der Waals surface area contributed by atoms with Gasteiger partial charge in [0.25, 0.3) is 5.91 Å². The number of carbonyl (C=O) groups is 2. The predicted octanol–water partition coefficient (Wildman–Crippen LogP) is 3.39. The molecular formula is C17H11NO4S2. The number of esters is 1. The van der Waals surface area contributed by atoms with Crippen LogP contribution in [-0.4, -0.2) is 16.2 Å². The zero-order valence-electron chi connectivity index (χ0n) is 12.2. The number of thioether (sulfide) groups is 1. The molecule has 1 aliphatic heterocycles. The van der Waals surface area contributed by atoms with Gasteiger partial charge in [0.2, 0.25) is 0 Å². The van der Waals surface area contributed by atoms with Crippen LogP contribution in [0.4, 0.5) is 0 Å². The Hall–Kier alpha value is -2.64. The van der Waals surface area contributed by atoms with Crippen molar-refractivity contribution in [2.45, 2.75) is 0 Å². The molecule has 0 aliphatic carbocycles. The van der Waals surface area contributed by atoms with Crippen LogP contribution in [0.3, 0.4) is 0 Å². The highest BCUT2D eigenvalue weighted by Crippen LogP contribution is 2.26. The third kappa shape index (κ3) is 4.21. The monoisotopic (exact) mass is 357 g/mol. The van der Waals surface area contributed by atoms with Gasteiger partial charge in [-0.2, -0.15) is 0 Å². The molecule has 24 heavy (non-hydrogen) atoms. The summed E-state index contributed by atoms with van der Waals surface area (Å²) >= 11 is 6.15. The molecule has 0 saturated carbocycles. The van der Waals surface area contributed by atoms with Crippen LogP contribution in [-0.2, 0) is 9.59 Å². The Balaban J connectivity index is 1.62. The van der Waals surface area contributed by atoms with Crippen molar-refractivity contribution in [1.29, 1.82) is 0 Å². The van der Waals surface area contributed by atoms with Gasteiger partial charge in [-0.1, -0.05) is 36.1 Å². The molecule has 2 heterocycles. The average Bonchev–Trinajstić information content (AvgIpc) is 3.17. The topological polar surface area (TPSA) is 68.5 Å². The van der Waals surface area contributed by atoms with Gasteiger partial charge in [-0.05, 0) is 42.0 Å². The van der Waals surface area contributed by atoms with Crippen molar-refractivity contribution in [1.82, 2.24) is 5.32 Å². The largest absolute Gasteiger partial charge is 0.465 e. The maximum atomic E-state index is 11.7. The van der Waals surface area contributed by atoms with Gasteiger partial charge >= 0.3 is 5.97 Å². The number of carbonyl (C=O) groups excluding carboxylic acids is 2. The number of ether oxygens (including phenoxy) is 1. The molecular weight excluding hydrogens is 346 g/mol. The van der Waals surface area contributed by atoms with E-state index in [1.807, 2.05) is 0 Å². The van der Waals surface area contributed by atoms with Crippen LogP contribution in [0, 0.1) is 0 Å². The van der Waals surface area contributed by atoms with Gasteiger partial charge in [-0.25, -0.2) is 4.79 Å². The molecule has 1 saturated heterocycles. The van der Waals surface area contributed by atoms with E-state index in [4.69, 9.17) is 21.4 Å². The van der Waals surface area contributed by atoms with Crippen molar-refractivity contribution in [3.8, 4) is 5.75 Å². The Bertz CT molecular complexity index is 836. The van der Waals surface area contributed by atoms with Gasteiger partial charge in [0.05, 0.1) is 11.2 Å². The second-order valence-electron chi connectivity index (χ2n) is 4.69. The fourth-order valence-corrected chi connectivity index (χ4v) is 2.94. The van der Waals surface area contributed by atoms with Crippen LogP contribution in [0.25, 0.3) is 12.2 Å². The second-order valence-corrected chi connectivity index (χ2v) is 6.41. The van der Waals surface area contributed by atoms with E-state index in [-0.39, 0.29) is 5.91 Å². The molecule has 7 heteroatoms. The highest BCUT2D eigenvalue weighted by Gasteiger charge is 2.21. The van der Waals surface area contributed by atoms with Crippen molar-refractivity contribution in [2.24, 2.45) is 0 Å². The number of rotatable bonds is 4. The quantitative estimate of drug-likeness (QED) is 0.392. The summed E-state index contributed by atoms with van der Waals surface area (Å²) < 4.78 is 10.7. The summed E-state index contributed by atoms with van der Waals surface area (Å²) in [7, 11) is 0. The highest BCUT2D eigenvalue weighted by atomic mass is 32.2. The lowest BCUT2D eigenvalue weighted by atomic mass is 10.2. The third-order valence-corrected chi connectivity index (χ3v) is 4.13. The first-order valence-corrected chi connectivity index (χ1v) is 8.11. The average molecular weight is 357 g/mol. The Morgan fingerprint density at radius 3 is 2.67 bits per heavy atom. The first kappa shape index (κ1) is 16.2. The Labute approximate surface area is 147 Å². The molecule has 1 N–H and O–H groups in total. The second kappa shape index (κ2) is 7.29. The maximum absolute atomic E-state index is 11.7. The van der Waals surface area contributed by atoms with Gasteiger partial charge in [0, 0.05) is 6.08 Å². The first-order chi connectivity index (χ1) is 11.6. The lowest BCUT2D eigenvalue weighted by molar-refractivity contribution is -0.128. The van der Waals surface area contributed by atoms with E-state index in [1.165, 1.54) is 30.2 Å². The minimum atomic E-state index is -0.506. The molecule has 0 atom stereocenters. The van der Waals surface area contributed by atoms with E-state index in [2.05, 4.69) is 5.32 Å². The van der Waals surface area contributed by atoms with Crippen molar-refractivity contribution in [2.75, 3.05) is 0 Å². The summed E-state index contributed by atoms with van der Waals surface area (Å²) in [5.41, 5.74) is 0.809. The zero-order chi connectivity index (χ0) is 16.9. The minimum absolute atomic E-state index is 0.205. The first-order valence-electron chi connectivity index (χ1n) is 6.88. The fraction of sp³-hybridized carbons (Fsp3) is 0. The number of amides is 1. The number of nitrogens with one attached hydrogen (secondary N) is 1. The third-order valence-electron chi connectivity index (χ3n) is 2.97. The van der Waals surface area contributed by atoms with Gasteiger partial charge in [0.1, 0.15) is 15.8 Å². The van der Waals surface area contributed by atoms with Crippen LogP contribution < -0.4 is 10.1 Å². The van der Waals surface area contributed by atoms with Crippen molar-refractivity contribution in [3.05, 3.63) is 65.0 Å². The molecule has 1 aliphatic rings. The smallest absolute Gasteiger partial charge is 0.336 e. The predicted molar refractivity (Wildman–Crippen MR) is 96.1 cm³/mol. The van der Waals surface area contributed by atoms with Crippen LogP contribution in [0.15, 0.2) is 58.1 Å². The Morgan fingerprint density at radius 1 is 1.25 bits per heavy atom. The number of benzene rings is 1. The molecule has 0 unspecified atom stereocenters. The Kier molecular flexibility index (Phi) is 4.93. The summed E-state index contributed by atoms with van der Waals surface area (Å²) in [4.78, 5) is 23.8. The van der Waals surface area contributed by atoms with E-state index >= 15 is 0 Å². The molecule has 1 fully saturated rings. The van der Waals surface area contributed by atoms with Crippen LogP contribution in [0.2, 0.25) is 0 Å². The summed E-state index contributed by atoms with van der Waals surface area (Å²) in [6, 6.07) is 10.3. The molecule has 0 bridgehead atoms. The molecule has 5 nitrogen and oxygen atoms in total. The van der Waals surface area contributed by atoms with Crippen LogP contribution in [0.1, 0.15) is 11.3 Å². The summed E-state index contributed by atoms with van der Waals surface area (Å²) in [5.74, 6) is 0.265. The van der Waals surface area contributed by atoms with E-state index in [1.54, 1.807) is 42.5 Å². The van der Waals surface area contributed by atoms with Crippen molar-refractivity contribution < 1.29 is 18.7 Å². The summed E-state index contributed by atoms with van der Waals surface area (Å²) in [5, 5.41) is 2.55. The normalized spacial score (nSPS) is 15.9. The molecule has 0 spiro atoms. The van der Waals surface area contributed by atoms with Crippen molar-refractivity contribution in [3.63, 3.8) is 0 Å². The summed E-state index contributed by atoms with van der Waals surface area (Å²) in [6.07, 6.45) is 6.06. The van der Waals surface area contributed by atoms with Gasteiger partial charge in [-0.3, -0.25) is 4.79 Å². The zero-order valence-corrected chi connectivity index (χ0v) is 13.9. The standard InChI is InChI=1S/C17H11NO4S2/c19-15(8-7-12-2-1-9-21-12)22-13-5-3-11(4-6-13)10-14-16(20)18-17(23)24-14/h1-10H,(H,18,20,23)/b8-7+,14-10+. The number of hydrogen-bond donors (Lipinski definition) is 1. The summed E-state index contributed by atoms with van der Waals surface area (Å²) in [6.45, 7) is 0. The van der Waals surface area contributed by atoms with E-state index in [0.717, 1.165) is 5.56 Å². The molecule has 1 amide bonds. The van der Waals surface area contributed by atoms with Gasteiger partial charge in [-0.15, -0.1) is 0 Å². The highest BCUT2D eigenvalue weighted by molar-refractivity contribution is 8.26. The lowest BCUT2D eigenvalue weighted by Crippen LogP contribution is -2.17. The van der Waals surface area contributed by atoms with Gasteiger partial charge in [0.15, 0.2) is 0 Å². The van der Waals surface area contributed by atoms with Crippen molar-refractivity contribution >= 4 is 52.3 Å². The SMILES string of the molecule is O=C(/C=C/c1ccco1)Oc1ccc(/C=C2/SC(=S)NC2=O)cc1. The molecule has 1 aromatic carbocycles. The van der Waals surface area contributed by atoms with Crippen LogP contribution in [0.5, 0.6) is 5.75 Å². The molecule has 2 aromatic rings. The van der Waals surface area contributed by atoms with E-state index in [0.29, 0.717) is 20.7 Å². The van der Waals surface area contributed by atoms with Crippen LogP contribution >= 0.6 is 24.0 Å². The number of thiocarbonyl (C=S) groups is 1. The van der Waals surface area contributed by atoms with Gasteiger partial charge < -0.3 is 14.5 Å². The lowest BCUT2D eigenvalue weighted by Gasteiger charge is -2.02. The Morgan fingerprint density at radius 2 is 2.04 bits per heavy atom.